The van der Waals surface area contributed by atoms with E-state index < -0.39 is 0 Å². The minimum Gasteiger partial charge on any atom is -0.497 e. The Kier molecular flexibility index (Phi) is 5.94. The van der Waals surface area contributed by atoms with Crippen molar-refractivity contribution in [3.05, 3.63) is 89.2 Å². The fraction of sp³-hybridized carbons (Fsp3) is 0.154. The van der Waals surface area contributed by atoms with Crippen molar-refractivity contribution in [3.63, 3.8) is 0 Å². The number of benzene rings is 3. The van der Waals surface area contributed by atoms with E-state index in [1.165, 1.54) is 0 Å². The van der Waals surface area contributed by atoms with Crippen molar-refractivity contribution in [2.45, 2.75) is 13.3 Å². The maximum Gasteiger partial charge on any atom is 0.228 e. The van der Waals surface area contributed by atoms with E-state index >= 15 is 0 Å². The standard InChI is InChI=1S/C26H23NO5/c1-16-22-13-8-19(27-24(28)14-17-4-9-20(30-2)10-5-17)15-23(22)32-26(16)25(29)18-6-11-21(31-3)12-7-18/h4-13,15H,14H2,1-3H3,(H,27,28). The second kappa shape index (κ2) is 8.98. The summed E-state index contributed by atoms with van der Waals surface area (Å²) in [5, 5.41) is 3.71. The molecule has 4 rings (SSSR count). The largest absolute Gasteiger partial charge is 0.497 e. The number of hydrogen-bond acceptors (Lipinski definition) is 5. The van der Waals surface area contributed by atoms with Crippen molar-refractivity contribution in [3.8, 4) is 11.5 Å². The lowest BCUT2D eigenvalue weighted by Gasteiger charge is -2.06. The van der Waals surface area contributed by atoms with Crippen molar-refractivity contribution < 1.29 is 23.5 Å². The first-order valence-corrected chi connectivity index (χ1v) is 10.1. The molecule has 0 aliphatic heterocycles. The van der Waals surface area contributed by atoms with E-state index in [2.05, 4.69) is 5.32 Å². The smallest absolute Gasteiger partial charge is 0.228 e. The van der Waals surface area contributed by atoms with Crippen LogP contribution in [0.5, 0.6) is 11.5 Å². The number of furan rings is 1. The zero-order chi connectivity index (χ0) is 22.7. The van der Waals surface area contributed by atoms with E-state index in [1.54, 1.807) is 50.6 Å². The Bertz CT molecular complexity index is 1270. The molecule has 1 heterocycles. The molecular weight excluding hydrogens is 406 g/mol. The van der Waals surface area contributed by atoms with Crippen LogP contribution in [0.15, 0.2) is 71.1 Å². The molecule has 0 saturated carbocycles. The first kappa shape index (κ1) is 21.2. The van der Waals surface area contributed by atoms with E-state index in [1.807, 2.05) is 37.3 Å². The van der Waals surface area contributed by atoms with Gasteiger partial charge in [0, 0.05) is 28.3 Å². The number of ether oxygens (including phenoxy) is 2. The lowest BCUT2D eigenvalue weighted by Crippen LogP contribution is -2.14. The summed E-state index contributed by atoms with van der Waals surface area (Å²) in [7, 11) is 3.18. The van der Waals surface area contributed by atoms with Gasteiger partial charge in [0.15, 0.2) is 5.76 Å². The van der Waals surface area contributed by atoms with E-state index in [0.29, 0.717) is 22.6 Å². The SMILES string of the molecule is COc1ccc(CC(=O)Nc2ccc3c(C)c(C(=O)c4ccc(OC)cc4)oc3c2)cc1. The van der Waals surface area contributed by atoms with Crippen LogP contribution in [0.25, 0.3) is 11.0 Å². The van der Waals surface area contributed by atoms with E-state index in [9.17, 15) is 9.59 Å². The highest BCUT2D eigenvalue weighted by Gasteiger charge is 2.20. The third-order valence-electron chi connectivity index (χ3n) is 5.30. The van der Waals surface area contributed by atoms with Gasteiger partial charge in [-0.1, -0.05) is 12.1 Å². The van der Waals surface area contributed by atoms with Crippen LogP contribution < -0.4 is 14.8 Å². The van der Waals surface area contributed by atoms with Gasteiger partial charge in [0.1, 0.15) is 17.1 Å². The fourth-order valence-corrected chi connectivity index (χ4v) is 3.53. The van der Waals surface area contributed by atoms with Crippen LogP contribution in [-0.2, 0) is 11.2 Å². The van der Waals surface area contributed by atoms with Crippen LogP contribution in [-0.4, -0.2) is 25.9 Å². The third kappa shape index (κ3) is 4.34. The summed E-state index contributed by atoms with van der Waals surface area (Å²) in [6, 6.07) is 19.6. The van der Waals surface area contributed by atoms with Crippen LogP contribution in [0.1, 0.15) is 27.2 Å². The number of rotatable bonds is 7. The Labute approximate surface area is 185 Å². The number of methoxy groups -OCH3 is 2. The Morgan fingerprint density at radius 3 is 2.12 bits per heavy atom. The molecule has 0 fully saturated rings. The molecule has 0 saturated heterocycles. The molecule has 0 atom stereocenters. The number of nitrogens with one attached hydrogen (secondary N) is 1. The molecule has 4 aromatic rings. The van der Waals surface area contributed by atoms with Crippen LogP contribution in [0.3, 0.4) is 0 Å². The van der Waals surface area contributed by atoms with Crippen molar-refractivity contribution in [2.75, 3.05) is 19.5 Å². The van der Waals surface area contributed by atoms with Crippen molar-refractivity contribution in [2.24, 2.45) is 0 Å². The highest BCUT2D eigenvalue weighted by Crippen LogP contribution is 2.30. The molecule has 162 valence electrons. The number of carbonyl (C=O) groups excluding carboxylic acids is 2. The number of fused-ring (bicyclic) bond motifs is 1. The first-order chi connectivity index (χ1) is 15.5. The van der Waals surface area contributed by atoms with E-state index in [-0.39, 0.29) is 23.9 Å². The first-order valence-electron chi connectivity index (χ1n) is 10.1. The predicted molar refractivity (Wildman–Crippen MR) is 123 cm³/mol. The molecule has 6 nitrogen and oxygen atoms in total. The van der Waals surface area contributed by atoms with Gasteiger partial charge in [-0.2, -0.15) is 0 Å². The quantitative estimate of drug-likeness (QED) is 0.410. The van der Waals surface area contributed by atoms with E-state index in [0.717, 1.165) is 22.3 Å². The lowest BCUT2D eigenvalue weighted by molar-refractivity contribution is -0.115. The second-order valence-corrected chi connectivity index (χ2v) is 7.40. The second-order valence-electron chi connectivity index (χ2n) is 7.40. The molecule has 3 aromatic carbocycles. The number of amides is 1. The fourth-order valence-electron chi connectivity index (χ4n) is 3.53. The van der Waals surface area contributed by atoms with Crippen molar-refractivity contribution in [1.29, 1.82) is 0 Å². The number of ketones is 1. The van der Waals surface area contributed by atoms with Crippen LogP contribution in [0.2, 0.25) is 0 Å². The van der Waals surface area contributed by atoms with Gasteiger partial charge in [0.25, 0.3) is 0 Å². The molecule has 0 unspecified atom stereocenters. The van der Waals surface area contributed by atoms with Gasteiger partial charge < -0.3 is 19.2 Å². The zero-order valence-electron chi connectivity index (χ0n) is 18.1. The Balaban J connectivity index is 1.52. The van der Waals surface area contributed by atoms with Gasteiger partial charge in [-0.3, -0.25) is 9.59 Å². The highest BCUT2D eigenvalue weighted by atomic mass is 16.5. The van der Waals surface area contributed by atoms with Crippen LogP contribution in [0, 0.1) is 6.92 Å². The molecule has 32 heavy (non-hydrogen) atoms. The van der Waals surface area contributed by atoms with Gasteiger partial charge in [0.05, 0.1) is 20.6 Å². The molecule has 0 aliphatic carbocycles. The summed E-state index contributed by atoms with van der Waals surface area (Å²) in [6.07, 6.45) is 0.237. The maximum absolute atomic E-state index is 12.9. The number of aryl methyl sites for hydroxylation is 1. The topological polar surface area (TPSA) is 77.8 Å². The maximum atomic E-state index is 12.9. The van der Waals surface area contributed by atoms with Gasteiger partial charge in [0.2, 0.25) is 11.7 Å². The van der Waals surface area contributed by atoms with Gasteiger partial charge in [-0.05, 0) is 61.0 Å². The predicted octanol–water partition coefficient (Wildman–Crippen LogP) is 5.17. The Hall–Kier alpha value is -4.06. The summed E-state index contributed by atoms with van der Waals surface area (Å²) in [4.78, 5) is 25.4. The van der Waals surface area contributed by atoms with Crippen LogP contribution >= 0.6 is 0 Å². The van der Waals surface area contributed by atoms with E-state index in [4.69, 9.17) is 13.9 Å². The molecule has 0 radical (unpaired) electrons. The molecule has 1 N–H and O–H groups in total. The zero-order valence-corrected chi connectivity index (χ0v) is 18.1. The molecular formula is C26H23NO5. The number of carbonyl (C=O) groups is 2. The number of hydrogen-bond donors (Lipinski definition) is 1. The third-order valence-corrected chi connectivity index (χ3v) is 5.30. The number of anilines is 1. The Morgan fingerprint density at radius 2 is 1.50 bits per heavy atom. The highest BCUT2D eigenvalue weighted by molar-refractivity contribution is 6.10. The lowest BCUT2D eigenvalue weighted by atomic mass is 10.0. The minimum absolute atomic E-state index is 0.146. The monoisotopic (exact) mass is 429 g/mol. The molecule has 6 heteroatoms. The molecule has 0 aliphatic rings. The van der Waals surface area contributed by atoms with Crippen molar-refractivity contribution >= 4 is 28.3 Å². The minimum atomic E-state index is -0.202. The molecule has 1 aromatic heterocycles. The summed E-state index contributed by atoms with van der Waals surface area (Å²) in [6.45, 7) is 1.85. The summed E-state index contributed by atoms with van der Waals surface area (Å²) < 4.78 is 16.2. The normalized spacial score (nSPS) is 10.7. The molecule has 0 bridgehead atoms. The van der Waals surface area contributed by atoms with Gasteiger partial charge in [-0.15, -0.1) is 0 Å². The van der Waals surface area contributed by atoms with Gasteiger partial charge in [-0.25, -0.2) is 0 Å². The average Bonchev–Trinajstić information content (AvgIpc) is 3.14. The van der Waals surface area contributed by atoms with Gasteiger partial charge >= 0.3 is 0 Å². The summed E-state index contributed by atoms with van der Waals surface area (Å²) in [5.74, 6) is 1.36. The summed E-state index contributed by atoms with van der Waals surface area (Å²) >= 11 is 0. The molecule has 0 spiro atoms. The van der Waals surface area contributed by atoms with Crippen LogP contribution in [0.4, 0.5) is 5.69 Å². The average molecular weight is 429 g/mol. The summed E-state index contributed by atoms with van der Waals surface area (Å²) in [5.41, 5.74) is 3.30. The Morgan fingerprint density at radius 1 is 0.875 bits per heavy atom. The van der Waals surface area contributed by atoms with Crippen molar-refractivity contribution in [1.82, 2.24) is 0 Å². The molecule has 1 amide bonds.